The number of aryl methyl sites for hydroxylation is 8. The van der Waals surface area contributed by atoms with Crippen LogP contribution in [0.15, 0.2) is 97.1 Å². The van der Waals surface area contributed by atoms with Crippen LogP contribution in [0.2, 0.25) is 0 Å². The Morgan fingerprint density at radius 1 is 0.283 bits per heavy atom. The fraction of sp³-hybridized carbons (Fsp3) is 0.458. The maximum Gasteiger partial charge on any atom is 0.530 e. The van der Waals surface area contributed by atoms with Crippen LogP contribution in [-0.2, 0) is 62.5 Å². The zero-order valence-corrected chi connectivity index (χ0v) is 76.6. The smallest absolute Gasteiger partial charge is 0.507 e. The van der Waals surface area contributed by atoms with Crippen molar-refractivity contribution in [2.45, 2.75) is 289 Å². The summed E-state index contributed by atoms with van der Waals surface area (Å²) in [6, 6.07) is 33.2. The molecule has 0 fully saturated rings. The van der Waals surface area contributed by atoms with Crippen molar-refractivity contribution in [3.05, 3.63) is 231 Å². The summed E-state index contributed by atoms with van der Waals surface area (Å²) in [5.74, 6) is -0.174. The lowest BCUT2D eigenvalue weighted by Crippen LogP contribution is -2.17. The van der Waals surface area contributed by atoms with E-state index in [2.05, 4.69) is 215 Å². The number of benzene rings is 8. The van der Waals surface area contributed by atoms with Gasteiger partial charge in [0.1, 0.15) is 69.7 Å². The van der Waals surface area contributed by atoms with Gasteiger partial charge in [-0.2, -0.15) is 0 Å². The number of fused-ring (bicyclic) bond motifs is 4. The van der Waals surface area contributed by atoms with Crippen molar-refractivity contribution in [2.75, 3.05) is 0 Å². The minimum atomic E-state index is -2.28. The van der Waals surface area contributed by atoms with E-state index < -0.39 is 38.3 Å². The number of hydrogen-bond donors (Lipinski definition) is 1. The number of hydrogen-bond acceptors (Lipinski definition) is 12. The molecule has 0 amide bonds. The maximum absolute atomic E-state index is 14.1. The van der Waals surface area contributed by atoms with E-state index in [1.807, 2.05) is 104 Å². The summed E-state index contributed by atoms with van der Waals surface area (Å²) in [6.45, 7) is 67.6. The van der Waals surface area contributed by atoms with Gasteiger partial charge in [-0.25, -0.2) is 0 Å². The Labute approximate surface area is 689 Å². The van der Waals surface area contributed by atoms with Crippen molar-refractivity contribution in [1.82, 2.24) is 0 Å². The van der Waals surface area contributed by atoms with Crippen LogP contribution in [0.1, 0.15) is 323 Å². The lowest BCUT2D eigenvalue weighted by molar-refractivity contribution is -0.134. The van der Waals surface area contributed by atoms with E-state index in [1.165, 1.54) is 5.56 Å². The molecule has 12 nitrogen and oxygen atoms in total. The second kappa shape index (κ2) is 31.2. The number of rotatable bonds is 10. The molecule has 0 radical (unpaired) electrons. The largest absolute Gasteiger partial charge is 0.530 e. The summed E-state index contributed by atoms with van der Waals surface area (Å²) in [4.78, 5) is 55.3. The van der Waals surface area contributed by atoms with Crippen LogP contribution in [-0.4, -0.2) is 29.0 Å². The van der Waals surface area contributed by atoms with Crippen molar-refractivity contribution in [3.63, 3.8) is 0 Å². The molecule has 4 atom stereocenters. The molecule has 4 aliphatic rings. The molecule has 604 valence electrons. The van der Waals surface area contributed by atoms with Gasteiger partial charge in [-0.1, -0.05) is 297 Å². The van der Waals surface area contributed by atoms with Gasteiger partial charge >= 0.3 is 32.5 Å². The molecular weight excluding hydrogens is 1510 g/mol. The van der Waals surface area contributed by atoms with Crippen molar-refractivity contribution in [3.8, 4) is 46.0 Å². The molecule has 8 aromatic carbocycles. The number of carbonyl (C=O) groups excluding carboxylic acids is 4. The Balaban J connectivity index is 0.000000362. The third kappa shape index (κ3) is 18.4. The molecule has 1 N–H and O–H groups in total. The molecule has 4 aliphatic heterocycles. The molecule has 0 bridgehead atoms. The van der Waals surface area contributed by atoms with Gasteiger partial charge in [0.25, 0.3) is 0 Å². The van der Waals surface area contributed by atoms with Gasteiger partial charge in [0.2, 0.25) is 0 Å². The number of aromatic hydroxyl groups is 1. The summed E-state index contributed by atoms with van der Waals surface area (Å²) in [7, 11) is -2.28. The van der Waals surface area contributed by atoms with Crippen molar-refractivity contribution < 1.29 is 56.8 Å². The Kier molecular flexibility index (Phi) is 24.3. The van der Waals surface area contributed by atoms with Crippen LogP contribution < -0.4 is 32.5 Å². The van der Waals surface area contributed by atoms with Crippen LogP contribution in [0.4, 0.5) is 0 Å². The lowest BCUT2D eigenvalue weighted by Gasteiger charge is -2.27. The monoisotopic (exact) mass is 1630 g/mol. The van der Waals surface area contributed by atoms with Crippen molar-refractivity contribution in [1.29, 1.82) is 0 Å². The zero-order valence-electron chi connectivity index (χ0n) is 72.5. The van der Waals surface area contributed by atoms with Crippen molar-refractivity contribution in [2.24, 2.45) is 0 Å². The lowest BCUT2D eigenvalue weighted by atomic mass is 9.77. The minimum absolute atomic E-state index is 0.0357. The van der Waals surface area contributed by atoms with E-state index in [9.17, 15) is 24.3 Å². The first-order chi connectivity index (χ1) is 51.7. The van der Waals surface area contributed by atoms with Crippen LogP contribution >= 0.6 is 48.3 Å². The number of phenolic OH excluding ortho intramolecular Hbond substituents is 1. The van der Waals surface area contributed by atoms with Crippen LogP contribution in [0.5, 0.6) is 46.0 Å². The Hall–Kier alpha value is -7.43. The molecule has 0 aliphatic carbocycles. The van der Waals surface area contributed by atoms with Gasteiger partial charge < -0.3 is 37.6 Å². The molecule has 113 heavy (non-hydrogen) atoms. The van der Waals surface area contributed by atoms with E-state index in [1.54, 1.807) is 0 Å². The third-order valence-electron chi connectivity index (χ3n) is 22.0. The standard InChI is InChI=1S/C72H87O9P.C24H30O3.Cl3P/c1-37-25-43(55-49-31-46(67(7,8)9)34-52(70(16,17)18)61(49)76-64(55)73)26-38(2)58(37)79-82(80-59-39(3)27-44(28-40(59)4)56-50-32-47(68(10,11)12)35-53(71(19,20)21)62(50)77-65(56)74)81-60-41(5)29-45(30-42(60)6)57-51-33-48(69(13,14)15)36-54(72(22,23)24)63(51)78-66(57)75;1-13-9-15(10-14(2)20(13)25)19-17-11-16(23(3,4)5)12-18(24(6,7)8)21(17)27-22(19)26;1-4(2)3/h25-36,55-57H,1-24H3;9-12,19,25H,1-8H3;. The molecule has 8 aromatic rings. The first-order valence-corrected chi connectivity index (χ1v) is 44.2. The highest BCUT2D eigenvalue weighted by atomic mass is 36.0. The highest BCUT2D eigenvalue weighted by Gasteiger charge is 2.46. The van der Waals surface area contributed by atoms with Gasteiger partial charge in [-0.15, -0.1) is 0 Å². The second-order valence-electron chi connectivity index (χ2n) is 39.8. The second-order valence-corrected chi connectivity index (χ2v) is 45.8. The molecule has 0 aromatic heterocycles. The van der Waals surface area contributed by atoms with Gasteiger partial charge in [0.05, 0.1) is 0 Å². The quantitative estimate of drug-likeness (QED) is 0.0788. The molecule has 4 unspecified atom stereocenters. The SMILES string of the molecule is Cc1cc(C2C(=O)Oc3c2cc(C(C)(C)C)cc3C(C)(C)C)cc(C)c1O.Cc1cc(C2C(=O)Oc3c2cc(C(C)(C)C)cc3C(C)(C)C)cc(C)c1OP(Oc1c(C)cc(C2C(=O)Oc3c2cc(C(C)(C)C)cc3C(C)(C)C)cc1C)Oc1c(C)cc(C2C(=O)Oc3c2cc(C(C)(C)C)cc3C(C)(C)C)cc1C.ClP(Cl)Cl. The average molecular weight is 1630 g/mol. The summed E-state index contributed by atoms with van der Waals surface area (Å²) in [5, 5.41) is 10.1. The topological polar surface area (TPSA) is 153 Å². The number of halogens is 3. The van der Waals surface area contributed by atoms with Crippen LogP contribution in [0.25, 0.3) is 0 Å². The summed E-state index contributed by atoms with van der Waals surface area (Å²) < 4.78 is 45.6. The predicted octanol–water partition coefficient (Wildman–Crippen LogP) is 26.8. The zero-order chi connectivity index (χ0) is 84.5. The number of phenols is 1. The van der Waals surface area contributed by atoms with Gasteiger partial charge in [-0.05, 0) is 188 Å². The minimum Gasteiger partial charge on any atom is -0.507 e. The number of carbonyl (C=O) groups is 4. The molecule has 0 saturated carbocycles. The van der Waals surface area contributed by atoms with Crippen molar-refractivity contribution >= 4 is 72.2 Å². The van der Waals surface area contributed by atoms with E-state index in [-0.39, 0.29) is 72.9 Å². The summed E-state index contributed by atoms with van der Waals surface area (Å²) >= 11 is 14.6. The highest BCUT2D eigenvalue weighted by Crippen LogP contribution is 2.56. The molecule has 4 heterocycles. The highest BCUT2D eigenvalue weighted by molar-refractivity contribution is 8.20. The third-order valence-corrected chi connectivity index (χ3v) is 23.0. The van der Waals surface area contributed by atoms with E-state index >= 15 is 0 Å². The van der Waals surface area contributed by atoms with Gasteiger partial charge in [0.15, 0.2) is 5.98 Å². The fourth-order valence-electron chi connectivity index (χ4n) is 15.6. The van der Waals surface area contributed by atoms with E-state index in [4.69, 9.17) is 66.2 Å². The summed E-state index contributed by atoms with van der Waals surface area (Å²) in [6.07, 6.45) is 0. The molecular formula is C96H117Cl3O12P2. The Morgan fingerprint density at radius 2 is 0.451 bits per heavy atom. The van der Waals surface area contributed by atoms with Crippen LogP contribution in [0, 0.1) is 55.4 Å². The Morgan fingerprint density at radius 3 is 0.611 bits per heavy atom. The normalized spacial score (nSPS) is 17.2. The maximum atomic E-state index is 14.1. The molecule has 12 rings (SSSR count). The predicted molar refractivity (Wildman–Crippen MR) is 464 cm³/mol. The van der Waals surface area contributed by atoms with Gasteiger partial charge in [-0.3, -0.25) is 19.2 Å². The van der Waals surface area contributed by atoms with E-state index in [0.29, 0.717) is 40.2 Å². The van der Waals surface area contributed by atoms with Gasteiger partial charge in [0, 0.05) is 44.5 Å². The number of esters is 4. The Bertz CT molecular complexity index is 4670. The first-order valence-electron chi connectivity index (χ1n) is 39.0. The van der Waals surface area contributed by atoms with Crippen LogP contribution in [0.3, 0.4) is 0 Å². The fourth-order valence-corrected chi connectivity index (χ4v) is 17.0. The molecule has 0 saturated heterocycles. The summed E-state index contributed by atoms with van der Waals surface area (Å²) in [5.41, 5.74) is 20.3. The molecule has 0 spiro atoms. The first kappa shape index (κ1) is 87.9. The molecule has 17 heteroatoms. The van der Waals surface area contributed by atoms with E-state index in [0.717, 1.165) is 128 Å². The number of ether oxygens (including phenoxy) is 4. The average Bonchev–Trinajstić information content (AvgIpc) is 1.64.